The quantitative estimate of drug-likeness (QED) is 0.555. The second-order valence-electron chi connectivity index (χ2n) is 4.22. The van der Waals surface area contributed by atoms with Gasteiger partial charge in [-0.1, -0.05) is 5.16 Å². The molecule has 0 spiro atoms. The van der Waals surface area contributed by atoms with E-state index in [2.05, 4.69) is 60.5 Å². The van der Waals surface area contributed by atoms with Gasteiger partial charge in [-0.2, -0.15) is 4.98 Å². The molecular formula is C12H11IN4OS. The number of hydrogen-bond donors (Lipinski definition) is 1. The molecule has 0 saturated carbocycles. The Kier molecular flexibility index (Phi) is 3.40. The van der Waals surface area contributed by atoms with E-state index in [0.717, 1.165) is 22.3 Å². The molecule has 0 amide bonds. The summed E-state index contributed by atoms with van der Waals surface area (Å²) in [6, 6.07) is 6.23. The lowest BCUT2D eigenvalue weighted by Crippen LogP contribution is -2.02. The number of imidazole rings is 1. The van der Waals surface area contributed by atoms with Gasteiger partial charge in [0.05, 0.1) is 11.0 Å². The number of rotatable bonds is 3. The van der Waals surface area contributed by atoms with Crippen molar-refractivity contribution in [3.63, 3.8) is 0 Å². The van der Waals surface area contributed by atoms with Gasteiger partial charge in [0.15, 0.2) is 10.6 Å². The highest BCUT2D eigenvalue weighted by atomic mass is 127. The van der Waals surface area contributed by atoms with Gasteiger partial charge in [0.1, 0.15) is 0 Å². The standard InChI is InChI=1S/C12H11IN4OS/c1-7-14-11(16-18-7)4-5-17-10-3-2-8(13)6-9(10)15-12(17)19/h2-3,6H,4-5H2,1H3,(H,15,19). The Hall–Kier alpha value is -1.22. The fourth-order valence-electron chi connectivity index (χ4n) is 2.01. The van der Waals surface area contributed by atoms with Gasteiger partial charge in [-0.15, -0.1) is 0 Å². The SMILES string of the molecule is Cc1nc(CCn2c(=S)[nH]c3cc(I)ccc32)no1. The summed E-state index contributed by atoms with van der Waals surface area (Å²) in [5, 5.41) is 3.89. The number of aromatic nitrogens is 4. The van der Waals surface area contributed by atoms with Gasteiger partial charge in [-0.3, -0.25) is 0 Å². The van der Waals surface area contributed by atoms with Gasteiger partial charge in [-0.05, 0) is 53.0 Å². The average Bonchev–Trinajstić information content (AvgIpc) is 2.89. The Morgan fingerprint density at radius 3 is 3.05 bits per heavy atom. The number of halogens is 1. The van der Waals surface area contributed by atoms with Crippen LogP contribution >= 0.6 is 34.8 Å². The van der Waals surface area contributed by atoms with Gasteiger partial charge in [0, 0.05) is 23.5 Å². The first-order valence-electron chi connectivity index (χ1n) is 5.81. The fraction of sp³-hybridized carbons (Fsp3) is 0.250. The van der Waals surface area contributed by atoms with Gasteiger partial charge in [0.2, 0.25) is 5.89 Å². The lowest BCUT2D eigenvalue weighted by atomic mass is 10.3. The van der Waals surface area contributed by atoms with Gasteiger partial charge >= 0.3 is 0 Å². The molecule has 7 heteroatoms. The predicted octanol–water partition coefficient (Wildman–Crippen LogP) is 3.24. The third kappa shape index (κ3) is 2.57. The highest BCUT2D eigenvalue weighted by molar-refractivity contribution is 14.1. The van der Waals surface area contributed by atoms with Gasteiger partial charge in [0.25, 0.3) is 0 Å². The zero-order chi connectivity index (χ0) is 13.4. The van der Waals surface area contributed by atoms with Crippen molar-refractivity contribution in [2.24, 2.45) is 0 Å². The predicted molar refractivity (Wildman–Crippen MR) is 82.6 cm³/mol. The van der Waals surface area contributed by atoms with Crippen molar-refractivity contribution in [1.29, 1.82) is 0 Å². The van der Waals surface area contributed by atoms with Crippen molar-refractivity contribution in [2.45, 2.75) is 19.9 Å². The summed E-state index contributed by atoms with van der Waals surface area (Å²) < 4.78 is 8.93. The second-order valence-corrected chi connectivity index (χ2v) is 5.86. The Morgan fingerprint density at radius 2 is 2.32 bits per heavy atom. The number of benzene rings is 1. The molecule has 1 aromatic carbocycles. The molecule has 2 heterocycles. The number of fused-ring (bicyclic) bond motifs is 1. The van der Waals surface area contributed by atoms with E-state index >= 15 is 0 Å². The molecule has 3 aromatic rings. The molecule has 2 aromatic heterocycles. The molecule has 0 atom stereocenters. The fourth-order valence-corrected chi connectivity index (χ4v) is 2.80. The summed E-state index contributed by atoms with van der Waals surface area (Å²) in [5.41, 5.74) is 2.16. The molecule has 0 fully saturated rings. The minimum absolute atomic E-state index is 0.590. The zero-order valence-corrected chi connectivity index (χ0v) is 13.2. The zero-order valence-electron chi connectivity index (χ0n) is 10.2. The molecule has 1 N–H and O–H groups in total. The van der Waals surface area contributed by atoms with Crippen molar-refractivity contribution >= 4 is 45.8 Å². The minimum Gasteiger partial charge on any atom is -0.340 e. The number of nitrogens with zero attached hydrogens (tertiary/aromatic N) is 3. The van der Waals surface area contributed by atoms with Crippen LogP contribution < -0.4 is 0 Å². The first-order chi connectivity index (χ1) is 9.13. The summed E-state index contributed by atoms with van der Waals surface area (Å²) in [4.78, 5) is 7.42. The average molecular weight is 386 g/mol. The molecular weight excluding hydrogens is 375 g/mol. The lowest BCUT2D eigenvalue weighted by Gasteiger charge is -2.02. The van der Waals surface area contributed by atoms with Crippen LogP contribution in [0, 0.1) is 15.3 Å². The number of aromatic amines is 1. The van der Waals surface area contributed by atoms with Gasteiger partial charge < -0.3 is 14.1 Å². The molecule has 0 unspecified atom stereocenters. The van der Waals surface area contributed by atoms with E-state index in [9.17, 15) is 0 Å². The van der Waals surface area contributed by atoms with Crippen LogP contribution in [0.2, 0.25) is 0 Å². The monoisotopic (exact) mass is 386 g/mol. The summed E-state index contributed by atoms with van der Waals surface area (Å²) in [6.07, 6.45) is 0.699. The summed E-state index contributed by atoms with van der Waals surface area (Å²) in [6.45, 7) is 2.52. The van der Waals surface area contributed by atoms with Crippen LogP contribution in [-0.4, -0.2) is 19.7 Å². The van der Waals surface area contributed by atoms with Gasteiger partial charge in [-0.25, -0.2) is 0 Å². The van der Waals surface area contributed by atoms with Crippen LogP contribution in [0.3, 0.4) is 0 Å². The second kappa shape index (κ2) is 5.04. The van der Waals surface area contributed by atoms with E-state index in [1.807, 2.05) is 0 Å². The smallest absolute Gasteiger partial charge is 0.223 e. The molecule has 3 rings (SSSR count). The van der Waals surface area contributed by atoms with Crippen molar-refractivity contribution in [3.05, 3.63) is 38.3 Å². The van der Waals surface area contributed by atoms with Crippen LogP contribution in [-0.2, 0) is 13.0 Å². The third-order valence-corrected chi connectivity index (χ3v) is 3.86. The van der Waals surface area contributed by atoms with E-state index in [4.69, 9.17) is 16.7 Å². The van der Waals surface area contributed by atoms with E-state index in [1.165, 1.54) is 3.57 Å². The van der Waals surface area contributed by atoms with Crippen molar-refractivity contribution in [1.82, 2.24) is 19.7 Å². The summed E-state index contributed by atoms with van der Waals surface area (Å²) in [5.74, 6) is 1.30. The highest BCUT2D eigenvalue weighted by Crippen LogP contribution is 2.17. The molecule has 0 bridgehead atoms. The highest BCUT2D eigenvalue weighted by Gasteiger charge is 2.07. The minimum atomic E-state index is 0.590. The van der Waals surface area contributed by atoms with Crippen LogP contribution in [0.15, 0.2) is 22.7 Å². The molecule has 0 aliphatic heterocycles. The van der Waals surface area contributed by atoms with E-state index < -0.39 is 0 Å². The molecule has 5 nitrogen and oxygen atoms in total. The molecule has 0 saturated heterocycles. The van der Waals surface area contributed by atoms with Crippen molar-refractivity contribution in [2.75, 3.05) is 0 Å². The Morgan fingerprint density at radius 1 is 1.47 bits per heavy atom. The van der Waals surface area contributed by atoms with E-state index in [-0.39, 0.29) is 0 Å². The van der Waals surface area contributed by atoms with Crippen LogP contribution in [0.4, 0.5) is 0 Å². The van der Waals surface area contributed by atoms with Crippen LogP contribution in [0.25, 0.3) is 11.0 Å². The van der Waals surface area contributed by atoms with Crippen LogP contribution in [0.1, 0.15) is 11.7 Å². The number of hydrogen-bond acceptors (Lipinski definition) is 4. The Labute approximate surface area is 128 Å². The van der Waals surface area contributed by atoms with E-state index in [1.54, 1.807) is 6.92 Å². The molecule has 0 aliphatic rings. The topological polar surface area (TPSA) is 59.6 Å². The molecule has 19 heavy (non-hydrogen) atoms. The largest absolute Gasteiger partial charge is 0.340 e. The van der Waals surface area contributed by atoms with Crippen molar-refractivity contribution < 1.29 is 4.52 Å². The van der Waals surface area contributed by atoms with Crippen molar-refractivity contribution in [3.8, 4) is 0 Å². The maximum absolute atomic E-state index is 5.36. The van der Waals surface area contributed by atoms with Crippen LogP contribution in [0.5, 0.6) is 0 Å². The number of aryl methyl sites for hydroxylation is 3. The first kappa shape index (κ1) is 12.8. The molecule has 0 aliphatic carbocycles. The normalized spacial score (nSPS) is 11.3. The molecule has 98 valence electrons. The summed E-state index contributed by atoms with van der Waals surface area (Å²) >= 11 is 7.64. The summed E-state index contributed by atoms with van der Waals surface area (Å²) in [7, 11) is 0. The third-order valence-electron chi connectivity index (χ3n) is 2.86. The maximum Gasteiger partial charge on any atom is 0.223 e. The van der Waals surface area contributed by atoms with E-state index in [0.29, 0.717) is 18.1 Å². The maximum atomic E-state index is 5.36. The Balaban J connectivity index is 1.92. The number of nitrogens with one attached hydrogen (secondary N) is 1. The number of H-pyrrole nitrogens is 1. The lowest BCUT2D eigenvalue weighted by molar-refractivity contribution is 0.386. The molecule has 0 radical (unpaired) electrons. The Bertz CT molecular complexity index is 788. The first-order valence-corrected chi connectivity index (χ1v) is 7.29.